The first kappa shape index (κ1) is 24.5. The number of H-pyrrole nitrogens is 2. The number of nitrogens with one attached hydrogen (secondary N) is 2. The van der Waals surface area contributed by atoms with Crippen molar-refractivity contribution in [2.75, 3.05) is 20.1 Å². The molecule has 0 amide bonds. The van der Waals surface area contributed by atoms with Crippen molar-refractivity contribution in [2.45, 2.75) is 65.3 Å². The summed E-state index contributed by atoms with van der Waals surface area (Å²) in [5, 5.41) is 2.61. The van der Waals surface area contributed by atoms with Crippen LogP contribution in [0.3, 0.4) is 0 Å². The fourth-order valence-corrected chi connectivity index (χ4v) is 5.07. The van der Waals surface area contributed by atoms with Crippen LogP contribution in [0.5, 0.6) is 0 Å². The number of benzene rings is 2. The van der Waals surface area contributed by atoms with Gasteiger partial charge in [0.1, 0.15) is 5.67 Å². The summed E-state index contributed by atoms with van der Waals surface area (Å²) in [7, 11) is 2.17. The lowest BCUT2D eigenvalue weighted by molar-refractivity contribution is 0.0853. The number of aromatic amines is 2. The van der Waals surface area contributed by atoms with Crippen LogP contribution in [0, 0.1) is 0 Å². The highest BCUT2D eigenvalue weighted by molar-refractivity contribution is 5.85. The highest BCUT2D eigenvalue weighted by Gasteiger charge is 2.30. The van der Waals surface area contributed by atoms with Gasteiger partial charge in [0, 0.05) is 54.0 Å². The maximum absolute atomic E-state index is 13.9. The van der Waals surface area contributed by atoms with E-state index < -0.39 is 5.67 Å². The maximum Gasteiger partial charge on any atom is 0.118 e. The predicted molar refractivity (Wildman–Crippen MR) is 142 cm³/mol. The molecule has 0 bridgehead atoms. The first-order valence-corrected chi connectivity index (χ1v) is 12.5. The number of hydrogen-bond acceptors (Lipinski definition) is 2. The van der Waals surface area contributed by atoms with E-state index in [-0.39, 0.29) is 0 Å². The summed E-state index contributed by atoms with van der Waals surface area (Å²) >= 11 is 0. The molecular formula is C29H39FN4. The summed E-state index contributed by atoms with van der Waals surface area (Å²) in [5.74, 6) is 0. The molecular weight excluding hydrogens is 423 g/mol. The summed E-state index contributed by atoms with van der Waals surface area (Å²) in [6.45, 7) is 11.2. The van der Waals surface area contributed by atoms with Crippen molar-refractivity contribution < 1.29 is 4.39 Å². The first-order valence-electron chi connectivity index (χ1n) is 12.5. The Labute approximate surface area is 203 Å². The number of aromatic nitrogens is 2. The minimum Gasteiger partial charge on any atom is -0.361 e. The van der Waals surface area contributed by atoms with E-state index in [0.717, 1.165) is 26.1 Å². The first-order chi connectivity index (χ1) is 16.2. The van der Waals surface area contributed by atoms with E-state index in [9.17, 15) is 4.39 Å². The Hall–Kier alpha value is -2.63. The number of rotatable bonds is 6. The van der Waals surface area contributed by atoms with Gasteiger partial charge in [-0.1, -0.05) is 37.3 Å². The van der Waals surface area contributed by atoms with Crippen molar-refractivity contribution in [3.05, 3.63) is 71.5 Å². The molecule has 0 saturated carbocycles. The molecule has 1 aliphatic heterocycles. The molecule has 0 aliphatic carbocycles. The Kier molecular flexibility index (Phi) is 7.44. The molecule has 0 fully saturated rings. The second kappa shape index (κ2) is 10.3. The zero-order valence-electron chi connectivity index (χ0n) is 21.3. The van der Waals surface area contributed by atoms with Crippen molar-refractivity contribution in [1.82, 2.24) is 19.8 Å². The number of nitrogens with zero attached hydrogens (tertiary/aromatic N) is 2. The van der Waals surface area contributed by atoms with E-state index in [4.69, 9.17) is 0 Å². The van der Waals surface area contributed by atoms with Crippen molar-refractivity contribution in [2.24, 2.45) is 0 Å². The Bertz CT molecular complexity index is 1220. The fourth-order valence-electron chi connectivity index (χ4n) is 5.07. The Morgan fingerprint density at radius 2 is 1.91 bits per heavy atom. The molecule has 3 heterocycles. The molecule has 34 heavy (non-hydrogen) atoms. The molecule has 0 spiro atoms. The van der Waals surface area contributed by atoms with Crippen molar-refractivity contribution in [3.8, 4) is 0 Å². The predicted octanol–water partition coefficient (Wildman–Crippen LogP) is 6.67. The summed E-state index contributed by atoms with van der Waals surface area (Å²) in [6.07, 6.45) is 4.20. The lowest BCUT2D eigenvalue weighted by Gasteiger charge is -2.36. The van der Waals surface area contributed by atoms with Gasteiger partial charge in [-0.3, -0.25) is 4.90 Å². The molecule has 2 aromatic heterocycles. The van der Waals surface area contributed by atoms with Gasteiger partial charge in [0.15, 0.2) is 0 Å². The quantitative estimate of drug-likeness (QED) is 0.336. The topological polar surface area (TPSA) is 38.1 Å². The van der Waals surface area contributed by atoms with Gasteiger partial charge in [-0.2, -0.15) is 0 Å². The normalized spacial score (nSPS) is 16.6. The molecule has 2 aromatic carbocycles. The van der Waals surface area contributed by atoms with E-state index in [1.165, 1.54) is 45.0 Å². The number of alkyl halides is 1. The molecule has 182 valence electrons. The van der Waals surface area contributed by atoms with Crippen molar-refractivity contribution >= 4 is 21.8 Å². The van der Waals surface area contributed by atoms with Gasteiger partial charge in [-0.15, -0.1) is 0 Å². The SMILES string of the molecule is CC1Cc2c([nH]c3ccccc23)CN1CC(C)(C)F.CCCN(C)Cc1ccc2cc[nH]c2c1. The number of hydrogen-bond donors (Lipinski definition) is 2. The minimum atomic E-state index is -1.14. The second-order valence-corrected chi connectivity index (χ2v) is 10.4. The van der Waals surface area contributed by atoms with E-state index in [0.29, 0.717) is 12.6 Å². The third-order valence-corrected chi connectivity index (χ3v) is 6.64. The summed E-state index contributed by atoms with van der Waals surface area (Å²) < 4.78 is 13.9. The maximum atomic E-state index is 13.9. The van der Waals surface area contributed by atoms with Gasteiger partial charge in [0.05, 0.1) is 0 Å². The Morgan fingerprint density at radius 1 is 1.12 bits per heavy atom. The summed E-state index contributed by atoms with van der Waals surface area (Å²) in [5.41, 5.74) is 5.33. The van der Waals surface area contributed by atoms with Gasteiger partial charge < -0.3 is 14.9 Å². The van der Waals surface area contributed by atoms with Gasteiger partial charge >= 0.3 is 0 Å². The standard InChI is InChI=1S/C16H21FN2.C13H18N2/c1-11-8-13-12-6-4-5-7-14(12)18-15(13)9-19(11)10-16(2,3)17;1-3-8-15(2)10-11-4-5-12-6-7-14-13(12)9-11/h4-7,11,18H,8-10H2,1-3H3;4-7,9,14H,3,8,10H2,1-2H3. The van der Waals surface area contributed by atoms with Crippen molar-refractivity contribution in [1.29, 1.82) is 0 Å². The van der Waals surface area contributed by atoms with Gasteiger partial charge in [-0.25, -0.2) is 4.39 Å². The van der Waals surface area contributed by atoms with Crippen LogP contribution in [0.4, 0.5) is 4.39 Å². The smallest absolute Gasteiger partial charge is 0.118 e. The van der Waals surface area contributed by atoms with Crippen LogP contribution in [0.2, 0.25) is 0 Å². The van der Waals surface area contributed by atoms with Crippen LogP contribution < -0.4 is 0 Å². The highest BCUT2D eigenvalue weighted by Crippen LogP contribution is 2.31. The summed E-state index contributed by atoms with van der Waals surface area (Å²) in [4.78, 5) is 11.3. The van der Waals surface area contributed by atoms with Crippen LogP contribution in [-0.4, -0.2) is 51.6 Å². The van der Waals surface area contributed by atoms with Crippen molar-refractivity contribution in [3.63, 3.8) is 0 Å². The van der Waals surface area contributed by atoms with Crippen LogP contribution in [0.15, 0.2) is 54.7 Å². The van der Waals surface area contributed by atoms with Crippen LogP contribution in [-0.2, 0) is 19.5 Å². The van der Waals surface area contributed by atoms with Crippen LogP contribution >= 0.6 is 0 Å². The van der Waals surface area contributed by atoms with E-state index in [1.807, 2.05) is 6.20 Å². The summed E-state index contributed by atoms with van der Waals surface area (Å²) in [6, 6.07) is 17.5. The zero-order chi connectivity index (χ0) is 24.3. The van der Waals surface area contributed by atoms with Crippen LogP contribution in [0.1, 0.15) is 50.9 Å². The van der Waals surface area contributed by atoms with Gasteiger partial charge in [0.2, 0.25) is 0 Å². The molecule has 2 N–H and O–H groups in total. The molecule has 0 radical (unpaired) electrons. The molecule has 4 nitrogen and oxygen atoms in total. The molecule has 5 rings (SSSR count). The molecule has 1 aliphatic rings. The fraction of sp³-hybridized carbons (Fsp3) is 0.448. The third-order valence-electron chi connectivity index (χ3n) is 6.64. The number of para-hydroxylation sites is 1. The van der Waals surface area contributed by atoms with E-state index in [1.54, 1.807) is 13.8 Å². The Morgan fingerprint density at radius 3 is 2.68 bits per heavy atom. The second-order valence-electron chi connectivity index (χ2n) is 10.4. The molecule has 1 unspecified atom stereocenters. The minimum absolute atomic E-state index is 0.390. The molecule has 4 aromatic rings. The van der Waals surface area contributed by atoms with Gasteiger partial charge in [0.25, 0.3) is 0 Å². The largest absolute Gasteiger partial charge is 0.361 e. The molecule has 0 saturated heterocycles. The lowest BCUT2D eigenvalue weighted by Crippen LogP contribution is -2.44. The third kappa shape index (κ3) is 5.89. The van der Waals surface area contributed by atoms with E-state index >= 15 is 0 Å². The molecule has 1 atom stereocenters. The van der Waals surface area contributed by atoms with Crippen LogP contribution in [0.25, 0.3) is 21.8 Å². The lowest BCUT2D eigenvalue weighted by atomic mass is 9.96. The average Bonchev–Trinajstić information content (AvgIpc) is 3.37. The molecule has 5 heteroatoms. The highest BCUT2D eigenvalue weighted by atomic mass is 19.1. The van der Waals surface area contributed by atoms with E-state index in [2.05, 4.69) is 89.2 Å². The number of fused-ring (bicyclic) bond motifs is 4. The average molecular weight is 463 g/mol. The zero-order valence-corrected chi connectivity index (χ0v) is 21.3. The Balaban J connectivity index is 0.000000166. The number of halogens is 1. The van der Waals surface area contributed by atoms with Gasteiger partial charge in [-0.05, 0) is 81.9 Å². The monoisotopic (exact) mass is 462 g/mol.